The van der Waals surface area contributed by atoms with E-state index in [-0.39, 0.29) is 18.5 Å². The van der Waals surface area contributed by atoms with Crippen LogP contribution < -0.4 is 10.6 Å². The zero-order valence-electron chi connectivity index (χ0n) is 13.6. The molecule has 0 saturated heterocycles. The first-order valence-electron chi connectivity index (χ1n) is 7.83. The number of carbonyl (C=O) groups excluding carboxylic acids is 1. The van der Waals surface area contributed by atoms with Crippen LogP contribution in [0.3, 0.4) is 0 Å². The highest BCUT2D eigenvalue weighted by Crippen LogP contribution is 2.33. The summed E-state index contributed by atoms with van der Waals surface area (Å²) >= 11 is 0. The van der Waals surface area contributed by atoms with E-state index in [1.165, 1.54) is 0 Å². The Balaban J connectivity index is 2.30. The second-order valence-electron chi connectivity index (χ2n) is 6.37. The Hall–Kier alpha value is -1.30. The van der Waals surface area contributed by atoms with Gasteiger partial charge in [-0.05, 0) is 46.5 Å². The molecule has 1 rings (SSSR count). The van der Waals surface area contributed by atoms with Gasteiger partial charge in [0.2, 0.25) is 0 Å². The lowest BCUT2D eigenvalue weighted by molar-refractivity contribution is -0.137. The Morgan fingerprint density at radius 3 is 2.19 bits per heavy atom. The van der Waals surface area contributed by atoms with Crippen molar-refractivity contribution in [3.63, 3.8) is 0 Å². The summed E-state index contributed by atoms with van der Waals surface area (Å²) in [6, 6.07) is 0.358. The standard InChI is InChI=1S/C15H29N3O3/c1-10(2)18(11(3)4)8-7-16-15(21)17-13(9-14(19)20)12-5-6-12/h10-13H,5-9H2,1-4H3,(H,19,20)(H2,16,17,21). The molecule has 0 bridgehead atoms. The van der Waals surface area contributed by atoms with Gasteiger partial charge in [0.1, 0.15) is 0 Å². The average molecular weight is 299 g/mol. The summed E-state index contributed by atoms with van der Waals surface area (Å²) in [4.78, 5) is 25.0. The van der Waals surface area contributed by atoms with Gasteiger partial charge in [0, 0.05) is 31.2 Å². The molecule has 21 heavy (non-hydrogen) atoms. The van der Waals surface area contributed by atoms with Crippen LogP contribution in [-0.2, 0) is 4.79 Å². The molecule has 6 heteroatoms. The molecule has 1 aliphatic carbocycles. The van der Waals surface area contributed by atoms with Crippen LogP contribution in [0, 0.1) is 5.92 Å². The Kier molecular flexibility index (Phi) is 6.95. The van der Waals surface area contributed by atoms with Crippen molar-refractivity contribution in [1.82, 2.24) is 15.5 Å². The lowest BCUT2D eigenvalue weighted by Gasteiger charge is -2.30. The van der Waals surface area contributed by atoms with E-state index in [1.807, 2.05) is 0 Å². The normalized spacial score (nSPS) is 16.3. The van der Waals surface area contributed by atoms with Crippen LogP contribution in [0.4, 0.5) is 4.79 Å². The van der Waals surface area contributed by atoms with Gasteiger partial charge >= 0.3 is 12.0 Å². The highest BCUT2D eigenvalue weighted by atomic mass is 16.4. The van der Waals surface area contributed by atoms with E-state index >= 15 is 0 Å². The first-order chi connectivity index (χ1) is 9.81. The fraction of sp³-hybridized carbons (Fsp3) is 0.867. The molecule has 6 nitrogen and oxygen atoms in total. The Morgan fingerprint density at radius 2 is 1.76 bits per heavy atom. The number of nitrogens with one attached hydrogen (secondary N) is 2. The first-order valence-corrected chi connectivity index (χ1v) is 7.83. The van der Waals surface area contributed by atoms with Crippen LogP contribution in [0.25, 0.3) is 0 Å². The smallest absolute Gasteiger partial charge is 0.315 e. The molecule has 0 aromatic heterocycles. The molecule has 0 spiro atoms. The van der Waals surface area contributed by atoms with Gasteiger partial charge in [0.25, 0.3) is 0 Å². The van der Waals surface area contributed by atoms with Gasteiger partial charge in [-0.25, -0.2) is 4.79 Å². The topological polar surface area (TPSA) is 81.7 Å². The molecular formula is C15H29N3O3. The summed E-state index contributed by atoms with van der Waals surface area (Å²) in [6.07, 6.45) is 2.02. The summed E-state index contributed by atoms with van der Waals surface area (Å²) in [5.74, 6) is -0.535. The third-order valence-electron chi connectivity index (χ3n) is 3.88. The maximum absolute atomic E-state index is 11.9. The fourth-order valence-electron chi connectivity index (χ4n) is 2.65. The quantitative estimate of drug-likeness (QED) is 0.605. The number of carboxylic acids is 1. The molecule has 1 aliphatic rings. The van der Waals surface area contributed by atoms with Crippen molar-refractivity contribution < 1.29 is 14.7 Å². The maximum Gasteiger partial charge on any atom is 0.315 e. The highest BCUT2D eigenvalue weighted by Gasteiger charge is 2.33. The molecule has 0 aromatic rings. The maximum atomic E-state index is 11.9. The predicted octanol–water partition coefficient (Wildman–Crippen LogP) is 1.66. The van der Waals surface area contributed by atoms with Gasteiger partial charge in [-0.3, -0.25) is 9.69 Å². The van der Waals surface area contributed by atoms with E-state index < -0.39 is 5.97 Å². The Morgan fingerprint density at radius 1 is 1.19 bits per heavy atom. The summed E-state index contributed by atoms with van der Waals surface area (Å²) in [5.41, 5.74) is 0. The van der Waals surface area contributed by atoms with E-state index in [2.05, 4.69) is 43.2 Å². The van der Waals surface area contributed by atoms with Crippen molar-refractivity contribution in [3.8, 4) is 0 Å². The van der Waals surface area contributed by atoms with Crippen LogP contribution >= 0.6 is 0 Å². The number of aliphatic carboxylic acids is 1. The van der Waals surface area contributed by atoms with E-state index in [0.29, 0.717) is 24.5 Å². The third kappa shape index (κ3) is 6.80. The predicted molar refractivity (Wildman–Crippen MR) is 82.3 cm³/mol. The molecule has 0 radical (unpaired) electrons. The Bertz CT molecular complexity index is 346. The van der Waals surface area contributed by atoms with E-state index in [4.69, 9.17) is 5.11 Å². The molecule has 1 fully saturated rings. The fourth-order valence-corrected chi connectivity index (χ4v) is 2.65. The van der Waals surface area contributed by atoms with Crippen molar-refractivity contribution in [2.45, 2.75) is 65.1 Å². The second kappa shape index (κ2) is 8.22. The van der Waals surface area contributed by atoms with Gasteiger partial charge in [0.15, 0.2) is 0 Å². The minimum absolute atomic E-state index is 0.00218. The van der Waals surface area contributed by atoms with Gasteiger partial charge < -0.3 is 15.7 Å². The highest BCUT2D eigenvalue weighted by molar-refractivity contribution is 5.75. The van der Waals surface area contributed by atoms with Crippen molar-refractivity contribution in [2.75, 3.05) is 13.1 Å². The number of hydrogen-bond donors (Lipinski definition) is 3. The van der Waals surface area contributed by atoms with E-state index in [0.717, 1.165) is 19.4 Å². The van der Waals surface area contributed by atoms with Crippen LogP contribution in [0.5, 0.6) is 0 Å². The molecular weight excluding hydrogens is 270 g/mol. The third-order valence-corrected chi connectivity index (χ3v) is 3.88. The first kappa shape index (κ1) is 17.8. The summed E-state index contributed by atoms with van der Waals surface area (Å²) in [6.45, 7) is 9.89. The number of urea groups is 1. The van der Waals surface area contributed by atoms with Crippen LogP contribution in [-0.4, -0.2) is 53.2 Å². The van der Waals surface area contributed by atoms with Gasteiger partial charge in [-0.1, -0.05) is 0 Å². The zero-order chi connectivity index (χ0) is 16.0. The zero-order valence-corrected chi connectivity index (χ0v) is 13.6. The number of carbonyl (C=O) groups is 2. The molecule has 0 aromatic carbocycles. The van der Waals surface area contributed by atoms with Crippen molar-refractivity contribution in [3.05, 3.63) is 0 Å². The molecule has 0 heterocycles. The molecule has 1 unspecified atom stereocenters. The number of nitrogens with zero attached hydrogens (tertiary/aromatic N) is 1. The number of rotatable bonds is 9. The van der Waals surface area contributed by atoms with E-state index in [9.17, 15) is 9.59 Å². The summed E-state index contributed by atoms with van der Waals surface area (Å²) < 4.78 is 0. The van der Waals surface area contributed by atoms with Crippen LogP contribution in [0.15, 0.2) is 0 Å². The van der Waals surface area contributed by atoms with Crippen LogP contribution in [0.1, 0.15) is 47.0 Å². The average Bonchev–Trinajstić information content (AvgIpc) is 3.16. The lowest BCUT2D eigenvalue weighted by Crippen LogP contribution is -2.47. The molecule has 1 atom stereocenters. The van der Waals surface area contributed by atoms with Crippen molar-refractivity contribution in [2.24, 2.45) is 5.92 Å². The SMILES string of the molecule is CC(C)N(CCNC(=O)NC(CC(=O)O)C1CC1)C(C)C. The molecule has 1 saturated carbocycles. The summed E-state index contributed by atoms with van der Waals surface area (Å²) in [7, 11) is 0. The van der Waals surface area contributed by atoms with Crippen molar-refractivity contribution in [1.29, 1.82) is 0 Å². The largest absolute Gasteiger partial charge is 0.481 e. The lowest BCUT2D eigenvalue weighted by atomic mass is 10.1. The summed E-state index contributed by atoms with van der Waals surface area (Å²) in [5, 5.41) is 14.5. The monoisotopic (exact) mass is 299 g/mol. The molecule has 2 amide bonds. The second-order valence-corrected chi connectivity index (χ2v) is 6.37. The minimum Gasteiger partial charge on any atom is -0.481 e. The number of amides is 2. The van der Waals surface area contributed by atoms with Gasteiger partial charge in [-0.2, -0.15) is 0 Å². The molecule has 3 N–H and O–H groups in total. The van der Waals surface area contributed by atoms with Crippen molar-refractivity contribution >= 4 is 12.0 Å². The number of hydrogen-bond acceptors (Lipinski definition) is 3. The van der Waals surface area contributed by atoms with Gasteiger partial charge in [0.05, 0.1) is 6.42 Å². The number of carboxylic acid groups (broad SMARTS) is 1. The Labute approximate surface area is 127 Å². The minimum atomic E-state index is -0.863. The molecule has 122 valence electrons. The molecule has 0 aliphatic heterocycles. The van der Waals surface area contributed by atoms with Crippen LogP contribution in [0.2, 0.25) is 0 Å². The van der Waals surface area contributed by atoms with E-state index in [1.54, 1.807) is 0 Å². The van der Waals surface area contributed by atoms with Gasteiger partial charge in [-0.15, -0.1) is 0 Å².